The van der Waals surface area contributed by atoms with Crippen LogP contribution < -0.4 is 5.32 Å². The maximum absolute atomic E-state index is 10.6. The fourth-order valence-corrected chi connectivity index (χ4v) is 1.96. The van der Waals surface area contributed by atoms with Gasteiger partial charge in [0.05, 0.1) is 6.54 Å². The molecule has 18 heavy (non-hydrogen) atoms. The van der Waals surface area contributed by atoms with Crippen LogP contribution in [0, 0.1) is 0 Å². The van der Waals surface area contributed by atoms with E-state index in [9.17, 15) is 4.79 Å². The van der Waals surface area contributed by atoms with Crippen LogP contribution in [0.2, 0.25) is 10.0 Å². The highest BCUT2D eigenvalue weighted by Gasteiger charge is 2.08. The molecule has 0 fully saturated rings. The number of carboxylic acid groups (broad SMARTS) is 1. The van der Waals surface area contributed by atoms with Gasteiger partial charge in [0, 0.05) is 15.7 Å². The first kappa shape index (κ1) is 12.8. The highest BCUT2D eigenvalue weighted by atomic mass is 35.5. The van der Waals surface area contributed by atoms with Gasteiger partial charge in [0.15, 0.2) is 0 Å². The lowest BCUT2D eigenvalue weighted by Gasteiger charge is -2.05. The Hall–Kier alpha value is -1.65. The van der Waals surface area contributed by atoms with E-state index >= 15 is 0 Å². The Morgan fingerprint density at radius 1 is 1.22 bits per heavy atom. The first-order valence-corrected chi connectivity index (χ1v) is 5.82. The fourth-order valence-electron chi connectivity index (χ4n) is 1.43. The molecular formula is C12H9Cl2NO3. The summed E-state index contributed by atoms with van der Waals surface area (Å²) >= 11 is 11.7. The number of carboxylic acids is 1. The molecule has 2 aromatic rings. The molecule has 2 rings (SSSR count). The highest BCUT2D eigenvalue weighted by molar-refractivity contribution is 6.35. The van der Waals surface area contributed by atoms with Crippen LogP contribution in [0.3, 0.4) is 0 Å². The molecule has 0 amide bonds. The van der Waals surface area contributed by atoms with Crippen LogP contribution in [-0.4, -0.2) is 11.1 Å². The van der Waals surface area contributed by atoms with Crippen LogP contribution in [0.25, 0.3) is 0 Å². The minimum Gasteiger partial charge on any atom is -0.475 e. The van der Waals surface area contributed by atoms with Crippen LogP contribution in [0.5, 0.6) is 0 Å². The Bertz CT molecular complexity index is 560. The Balaban J connectivity index is 2.04. The van der Waals surface area contributed by atoms with Gasteiger partial charge in [-0.1, -0.05) is 23.2 Å². The zero-order valence-corrected chi connectivity index (χ0v) is 10.6. The van der Waals surface area contributed by atoms with E-state index in [0.29, 0.717) is 22.4 Å². The molecule has 6 heteroatoms. The topological polar surface area (TPSA) is 62.5 Å². The molecule has 0 unspecified atom stereocenters. The summed E-state index contributed by atoms with van der Waals surface area (Å²) < 4.78 is 5.10. The van der Waals surface area contributed by atoms with E-state index < -0.39 is 5.97 Å². The van der Waals surface area contributed by atoms with Crippen molar-refractivity contribution in [2.75, 3.05) is 5.32 Å². The molecule has 0 saturated carbocycles. The molecule has 0 saturated heterocycles. The molecule has 0 aliphatic rings. The molecule has 0 radical (unpaired) electrons. The third kappa shape index (κ3) is 3.18. The number of rotatable bonds is 4. The number of hydrogen-bond acceptors (Lipinski definition) is 3. The lowest BCUT2D eigenvalue weighted by Crippen LogP contribution is -1.98. The van der Waals surface area contributed by atoms with Gasteiger partial charge >= 0.3 is 5.97 Å². The van der Waals surface area contributed by atoms with Crippen molar-refractivity contribution in [3.8, 4) is 0 Å². The summed E-state index contributed by atoms with van der Waals surface area (Å²) in [6.07, 6.45) is 0. The lowest BCUT2D eigenvalue weighted by molar-refractivity contribution is 0.0660. The molecule has 4 nitrogen and oxygen atoms in total. The SMILES string of the molecule is O=C(O)c1ccc(CNc2cc(Cl)cc(Cl)c2)o1. The van der Waals surface area contributed by atoms with Crippen molar-refractivity contribution in [2.24, 2.45) is 0 Å². The molecule has 1 heterocycles. The van der Waals surface area contributed by atoms with Crippen molar-refractivity contribution >= 4 is 34.9 Å². The molecule has 2 N–H and O–H groups in total. The zero-order valence-electron chi connectivity index (χ0n) is 9.11. The molecule has 0 aliphatic heterocycles. The van der Waals surface area contributed by atoms with Gasteiger partial charge in [-0.3, -0.25) is 0 Å². The van der Waals surface area contributed by atoms with Gasteiger partial charge < -0.3 is 14.8 Å². The van der Waals surface area contributed by atoms with Gasteiger partial charge in [-0.05, 0) is 30.3 Å². The summed E-state index contributed by atoms with van der Waals surface area (Å²) in [5.74, 6) is -0.661. The Labute approximate surface area is 113 Å². The van der Waals surface area contributed by atoms with Crippen molar-refractivity contribution in [1.82, 2.24) is 0 Å². The van der Waals surface area contributed by atoms with E-state index in [1.54, 1.807) is 24.3 Å². The van der Waals surface area contributed by atoms with Crippen molar-refractivity contribution in [1.29, 1.82) is 0 Å². The average molecular weight is 286 g/mol. The maximum Gasteiger partial charge on any atom is 0.371 e. The first-order chi connectivity index (χ1) is 8.54. The average Bonchev–Trinajstić information content (AvgIpc) is 2.73. The second kappa shape index (κ2) is 5.33. The number of halogens is 2. The Morgan fingerprint density at radius 2 is 1.89 bits per heavy atom. The Kier molecular flexibility index (Phi) is 3.79. The van der Waals surface area contributed by atoms with Crippen molar-refractivity contribution in [3.05, 3.63) is 51.9 Å². The standard InChI is InChI=1S/C12H9Cl2NO3/c13-7-3-8(14)5-9(4-7)15-6-10-1-2-11(18-10)12(16)17/h1-5,15H,6H2,(H,16,17). The van der Waals surface area contributed by atoms with E-state index in [4.69, 9.17) is 32.7 Å². The summed E-state index contributed by atoms with van der Waals surface area (Å²) in [6, 6.07) is 8.07. The predicted molar refractivity (Wildman–Crippen MR) is 69.5 cm³/mol. The largest absolute Gasteiger partial charge is 0.475 e. The molecule has 94 valence electrons. The number of anilines is 1. The number of carbonyl (C=O) groups is 1. The van der Waals surface area contributed by atoms with Crippen molar-refractivity contribution < 1.29 is 14.3 Å². The van der Waals surface area contributed by atoms with Gasteiger partial charge in [-0.25, -0.2) is 4.79 Å². The first-order valence-electron chi connectivity index (χ1n) is 5.06. The van der Waals surface area contributed by atoms with Gasteiger partial charge in [0.25, 0.3) is 0 Å². The number of hydrogen-bond donors (Lipinski definition) is 2. The summed E-state index contributed by atoms with van der Waals surface area (Å²) in [7, 11) is 0. The van der Waals surface area contributed by atoms with E-state index in [1.807, 2.05) is 0 Å². The number of nitrogens with one attached hydrogen (secondary N) is 1. The van der Waals surface area contributed by atoms with E-state index in [1.165, 1.54) is 6.07 Å². The summed E-state index contributed by atoms with van der Waals surface area (Å²) in [5.41, 5.74) is 0.737. The van der Waals surface area contributed by atoms with Gasteiger partial charge in [-0.2, -0.15) is 0 Å². The quantitative estimate of drug-likeness (QED) is 0.894. The minimum atomic E-state index is -1.09. The highest BCUT2D eigenvalue weighted by Crippen LogP contribution is 2.23. The van der Waals surface area contributed by atoms with E-state index in [-0.39, 0.29) is 5.76 Å². The number of furan rings is 1. The van der Waals surface area contributed by atoms with Crippen LogP contribution in [0.15, 0.2) is 34.7 Å². The zero-order chi connectivity index (χ0) is 13.1. The second-order valence-electron chi connectivity index (χ2n) is 3.58. The molecule has 0 atom stereocenters. The fraction of sp³-hybridized carbons (Fsp3) is 0.0833. The van der Waals surface area contributed by atoms with Gasteiger partial charge in [0.2, 0.25) is 5.76 Å². The normalized spacial score (nSPS) is 10.3. The monoisotopic (exact) mass is 285 g/mol. The number of benzene rings is 1. The smallest absolute Gasteiger partial charge is 0.371 e. The second-order valence-corrected chi connectivity index (χ2v) is 4.46. The van der Waals surface area contributed by atoms with Crippen LogP contribution in [0.1, 0.15) is 16.3 Å². The molecule has 1 aromatic heterocycles. The lowest BCUT2D eigenvalue weighted by atomic mass is 10.3. The third-order valence-corrected chi connectivity index (χ3v) is 2.64. The molecular weight excluding hydrogens is 277 g/mol. The van der Waals surface area contributed by atoms with E-state index in [2.05, 4.69) is 5.32 Å². The predicted octanol–water partition coefficient (Wildman–Crippen LogP) is 3.90. The number of aromatic carboxylic acids is 1. The maximum atomic E-state index is 10.6. The molecule has 1 aromatic carbocycles. The summed E-state index contributed by atoms with van der Waals surface area (Å²) in [6.45, 7) is 0.351. The van der Waals surface area contributed by atoms with E-state index in [0.717, 1.165) is 5.69 Å². The molecule has 0 spiro atoms. The third-order valence-electron chi connectivity index (χ3n) is 2.20. The van der Waals surface area contributed by atoms with Crippen LogP contribution in [0.4, 0.5) is 5.69 Å². The van der Waals surface area contributed by atoms with Gasteiger partial charge in [-0.15, -0.1) is 0 Å². The van der Waals surface area contributed by atoms with Gasteiger partial charge in [0.1, 0.15) is 5.76 Å². The van der Waals surface area contributed by atoms with Crippen LogP contribution >= 0.6 is 23.2 Å². The van der Waals surface area contributed by atoms with Crippen molar-refractivity contribution in [2.45, 2.75) is 6.54 Å². The molecule has 0 bridgehead atoms. The van der Waals surface area contributed by atoms with Crippen molar-refractivity contribution in [3.63, 3.8) is 0 Å². The summed E-state index contributed by atoms with van der Waals surface area (Å²) in [4.78, 5) is 10.6. The minimum absolute atomic E-state index is 0.0871. The summed E-state index contributed by atoms with van der Waals surface area (Å²) in [5, 5.41) is 12.8. The Morgan fingerprint density at radius 3 is 2.44 bits per heavy atom. The van der Waals surface area contributed by atoms with Crippen LogP contribution in [-0.2, 0) is 6.54 Å². The molecule has 0 aliphatic carbocycles.